The highest BCUT2D eigenvalue weighted by Crippen LogP contribution is 2.21. The van der Waals surface area contributed by atoms with Gasteiger partial charge in [-0.2, -0.15) is 0 Å². The zero-order chi connectivity index (χ0) is 19.2. The number of amides is 1. The highest BCUT2D eigenvalue weighted by atomic mass is 16.4. The van der Waals surface area contributed by atoms with Crippen LogP contribution in [-0.4, -0.2) is 58.4 Å². The number of carboxylic acid groups (broad SMARTS) is 1. The Morgan fingerprint density at radius 2 is 2.11 bits per heavy atom. The summed E-state index contributed by atoms with van der Waals surface area (Å²) in [5, 5.41) is 9.11. The van der Waals surface area contributed by atoms with E-state index in [-0.39, 0.29) is 5.91 Å². The Kier molecular flexibility index (Phi) is 6.19. The molecular formula is C21H25N3O3. The van der Waals surface area contributed by atoms with Crippen LogP contribution in [0.25, 0.3) is 0 Å². The number of aromatic nitrogens is 1. The minimum Gasteiger partial charge on any atom is -0.478 e. The fourth-order valence-corrected chi connectivity index (χ4v) is 3.55. The van der Waals surface area contributed by atoms with Crippen LogP contribution in [-0.2, 0) is 17.8 Å². The van der Waals surface area contributed by atoms with Gasteiger partial charge in [-0.15, -0.1) is 0 Å². The Morgan fingerprint density at radius 1 is 1.26 bits per heavy atom. The molecule has 6 heteroatoms. The van der Waals surface area contributed by atoms with Crippen molar-refractivity contribution in [1.29, 1.82) is 0 Å². The van der Waals surface area contributed by atoms with Gasteiger partial charge in [0.05, 0.1) is 17.8 Å². The number of hydrogen-bond donors (Lipinski definition) is 1. The van der Waals surface area contributed by atoms with E-state index in [2.05, 4.69) is 4.98 Å². The van der Waals surface area contributed by atoms with Gasteiger partial charge in [0.15, 0.2) is 0 Å². The molecule has 2 aromatic rings. The molecule has 6 nitrogen and oxygen atoms in total. The molecule has 0 radical (unpaired) electrons. The molecule has 1 amide bonds. The first-order chi connectivity index (χ1) is 13.0. The van der Waals surface area contributed by atoms with E-state index in [0.29, 0.717) is 24.6 Å². The summed E-state index contributed by atoms with van der Waals surface area (Å²) in [6.07, 6.45) is 3.51. The average Bonchev–Trinajstić information content (AvgIpc) is 3.11. The van der Waals surface area contributed by atoms with Crippen LogP contribution in [0.15, 0.2) is 48.7 Å². The van der Waals surface area contributed by atoms with Crippen LogP contribution in [0.3, 0.4) is 0 Å². The summed E-state index contributed by atoms with van der Waals surface area (Å²) in [4.78, 5) is 31.9. The molecule has 1 aliphatic heterocycles. The lowest BCUT2D eigenvalue weighted by molar-refractivity contribution is -0.131. The molecule has 0 spiro atoms. The molecule has 1 aliphatic rings. The number of pyridine rings is 1. The number of hydrogen-bond acceptors (Lipinski definition) is 4. The molecule has 1 aromatic heterocycles. The van der Waals surface area contributed by atoms with Crippen molar-refractivity contribution in [3.63, 3.8) is 0 Å². The number of carbonyl (C=O) groups excluding carboxylic acids is 1. The molecule has 0 unspecified atom stereocenters. The fourth-order valence-electron chi connectivity index (χ4n) is 3.55. The molecule has 3 rings (SSSR count). The molecule has 1 N–H and O–H groups in total. The van der Waals surface area contributed by atoms with Crippen molar-refractivity contribution in [3.05, 3.63) is 65.5 Å². The number of likely N-dealkylation sites (tertiary alicyclic amines) is 1. The maximum absolute atomic E-state index is 12.6. The average molecular weight is 367 g/mol. The van der Waals surface area contributed by atoms with Crippen LogP contribution in [0.1, 0.15) is 28.0 Å². The van der Waals surface area contributed by atoms with Crippen LogP contribution in [0.2, 0.25) is 0 Å². The van der Waals surface area contributed by atoms with Gasteiger partial charge >= 0.3 is 5.97 Å². The second kappa shape index (κ2) is 8.77. The van der Waals surface area contributed by atoms with Crippen molar-refractivity contribution >= 4 is 11.9 Å². The number of benzene rings is 1. The van der Waals surface area contributed by atoms with Crippen molar-refractivity contribution in [1.82, 2.24) is 14.8 Å². The van der Waals surface area contributed by atoms with E-state index in [1.54, 1.807) is 24.4 Å². The van der Waals surface area contributed by atoms with Gasteiger partial charge in [0, 0.05) is 25.8 Å². The number of aromatic carboxylic acids is 1. The van der Waals surface area contributed by atoms with Gasteiger partial charge in [0.1, 0.15) is 0 Å². The second-order valence-corrected chi connectivity index (χ2v) is 7.20. The third-order valence-electron chi connectivity index (χ3n) is 4.90. The molecule has 0 bridgehead atoms. The van der Waals surface area contributed by atoms with Crippen molar-refractivity contribution in [2.75, 3.05) is 26.7 Å². The maximum atomic E-state index is 12.6. The number of nitrogens with zero attached hydrogens (tertiary/aromatic N) is 3. The van der Waals surface area contributed by atoms with Crippen LogP contribution in [0.4, 0.5) is 0 Å². The third-order valence-corrected chi connectivity index (χ3v) is 4.90. The van der Waals surface area contributed by atoms with Crippen molar-refractivity contribution < 1.29 is 14.7 Å². The van der Waals surface area contributed by atoms with E-state index in [1.165, 1.54) is 0 Å². The van der Waals surface area contributed by atoms with E-state index < -0.39 is 5.97 Å². The van der Waals surface area contributed by atoms with Gasteiger partial charge in [-0.05, 0) is 55.6 Å². The number of rotatable bonds is 7. The first kappa shape index (κ1) is 19.0. The summed E-state index contributed by atoms with van der Waals surface area (Å²) in [7, 11) is 1.93. The standard InChI is InChI=1S/C21H25N3O3/c1-23(14-19-7-2-3-9-22-19)15-20(25)24-10-8-17(13-24)11-16-5-4-6-18(12-16)21(26)27/h2-7,9,12,17H,8,10-11,13-15H2,1H3,(H,26,27)/t17-/m1/s1. The number of carboxylic acids is 1. The topological polar surface area (TPSA) is 73.7 Å². The normalized spacial score (nSPS) is 16.7. The van der Waals surface area contributed by atoms with E-state index in [0.717, 1.165) is 37.2 Å². The Labute approximate surface area is 159 Å². The lowest BCUT2D eigenvalue weighted by Crippen LogP contribution is -2.37. The minimum absolute atomic E-state index is 0.134. The van der Waals surface area contributed by atoms with E-state index in [4.69, 9.17) is 5.11 Å². The van der Waals surface area contributed by atoms with E-state index >= 15 is 0 Å². The zero-order valence-electron chi connectivity index (χ0n) is 15.5. The summed E-state index contributed by atoms with van der Waals surface area (Å²) in [6.45, 7) is 2.51. The van der Waals surface area contributed by atoms with Gasteiger partial charge < -0.3 is 10.0 Å². The second-order valence-electron chi connectivity index (χ2n) is 7.20. The highest BCUT2D eigenvalue weighted by molar-refractivity contribution is 5.87. The lowest BCUT2D eigenvalue weighted by atomic mass is 9.97. The maximum Gasteiger partial charge on any atom is 0.335 e. The molecule has 1 fully saturated rings. The highest BCUT2D eigenvalue weighted by Gasteiger charge is 2.27. The summed E-state index contributed by atoms with van der Waals surface area (Å²) in [5.74, 6) is -0.398. The summed E-state index contributed by atoms with van der Waals surface area (Å²) in [6, 6.07) is 12.9. The quantitative estimate of drug-likeness (QED) is 0.813. The monoisotopic (exact) mass is 367 g/mol. The fraction of sp³-hybridized carbons (Fsp3) is 0.381. The first-order valence-corrected chi connectivity index (χ1v) is 9.19. The van der Waals surface area contributed by atoms with Gasteiger partial charge in [-0.1, -0.05) is 18.2 Å². The van der Waals surface area contributed by atoms with Gasteiger partial charge in [0.25, 0.3) is 0 Å². The third kappa shape index (κ3) is 5.37. The zero-order valence-corrected chi connectivity index (χ0v) is 15.5. The molecule has 1 atom stereocenters. The van der Waals surface area contributed by atoms with E-state index in [1.807, 2.05) is 41.1 Å². The molecule has 142 valence electrons. The van der Waals surface area contributed by atoms with Crippen LogP contribution < -0.4 is 0 Å². The molecule has 1 aromatic carbocycles. The predicted molar refractivity (Wildman–Crippen MR) is 102 cm³/mol. The summed E-state index contributed by atoms with van der Waals surface area (Å²) < 4.78 is 0. The Balaban J connectivity index is 1.49. The summed E-state index contributed by atoms with van der Waals surface area (Å²) in [5.41, 5.74) is 2.28. The van der Waals surface area contributed by atoms with E-state index in [9.17, 15) is 9.59 Å². The first-order valence-electron chi connectivity index (χ1n) is 9.19. The van der Waals surface area contributed by atoms with Crippen LogP contribution in [0, 0.1) is 5.92 Å². The Bertz CT molecular complexity index is 794. The Morgan fingerprint density at radius 3 is 2.85 bits per heavy atom. The number of carbonyl (C=O) groups is 2. The van der Waals surface area contributed by atoms with Crippen molar-refractivity contribution in [2.24, 2.45) is 5.92 Å². The molecular weight excluding hydrogens is 342 g/mol. The lowest BCUT2D eigenvalue weighted by Gasteiger charge is -2.21. The van der Waals surface area contributed by atoms with Gasteiger partial charge in [-0.3, -0.25) is 14.7 Å². The smallest absolute Gasteiger partial charge is 0.335 e. The number of likely N-dealkylation sites (N-methyl/N-ethyl adjacent to an activating group) is 1. The van der Waals surface area contributed by atoms with Crippen LogP contribution >= 0.6 is 0 Å². The Hall–Kier alpha value is -2.73. The molecule has 0 saturated carbocycles. The molecule has 2 heterocycles. The van der Waals surface area contributed by atoms with Crippen molar-refractivity contribution in [3.8, 4) is 0 Å². The molecule has 27 heavy (non-hydrogen) atoms. The van der Waals surface area contributed by atoms with Crippen LogP contribution in [0.5, 0.6) is 0 Å². The minimum atomic E-state index is -0.906. The molecule has 1 saturated heterocycles. The SMILES string of the molecule is CN(CC(=O)N1CC[C@H](Cc2cccc(C(=O)O)c2)C1)Cc1ccccn1. The van der Waals surface area contributed by atoms with Crippen molar-refractivity contribution in [2.45, 2.75) is 19.4 Å². The molecule has 0 aliphatic carbocycles. The summed E-state index contributed by atoms with van der Waals surface area (Å²) >= 11 is 0. The van der Waals surface area contributed by atoms with Gasteiger partial charge in [0.2, 0.25) is 5.91 Å². The predicted octanol–water partition coefficient (Wildman–Crippen LogP) is 2.30. The van der Waals surface area contributed by atoms with Gasteiger partial charge in [-0.25, -0.2) is 4.79 Å². The largest absolute Gasteiger partial charge is 0.478 e.